The number of aryl methyl sites for hydroxylation is 1. The third-order valence-corrected chi connectivity index (χ3v) is 4.66. The van der Waals surface area contributed by atoms with Gasteiger partial charge in [0.1, 0.15) is 11.6 Å². The average molecular weight is 417 g/mol. The van der Waals surface area contributed by atoms with E-state index in [1.165, 1.54) is 6.07 Å². The van der Waals surface area contributed by atoms with Crippen molar-refractivity contribution in [1.82, 2.24) is 5.32 Å². The van der Waals surface area contributed by atoms with Crippen molar-refractivity contribution in [3.8, 4) is 5.75 Å². The summed E-state index contributed by atoms with van der Waals surface area (Å²) in [5.41, 5.74) is 3.11. The fourth-order valence-corrected chi connectivity index (χ4v) is 3.15. The zero-order valence-electron chi connectivity index (χ0n) is 12.0. The Bertz CT molecular complexity index is 661. The van der Waals surface area contributed by atoms with Crippen LogP contribution in [-0.2, 0) is 0 Å². The zero-order chi connectivity index (χ0) is 15.6. The van der Waals surface area contributed by atoms with Crippen LogP contribution < -0.4 is 10.1 Å². The molecule has 0 aliphatic rings. The monoisotopic (exact) mass is 415 g/mol. The molecule has 0 amide bonds. The van der Waals surface area contributed by atoms with E-state index in [1.54, 1.807) is 13.2 Å². The third kappa shape index (κ3) is 3.47. The first-order chi connectivity index (χ1) is 9.97. The van der Waals surface area contributed by atoms with E-state index in [0.717, 1.165) is 21.2 Å². The van der Waals surface area contributed by atoms with Crippen LogP contribution in [0, 0.1) is 12.7 Å². The Morgan fingerprint density at radius 1 is 1.10 bits per heavy atom. The predicted molar refractivity (Wildman–Crippen MR) is 90.4 cm³/mol. The second-order valence-electron chi connectivity index (χ2n) is 4.75. The molecule has 0 fully saturated rings. The largest absolute Gasteiger partial charge is 0.496 e. The van der Waals surface area contributed by atoms with Crippen molar-refractivity contribution in [2.24, 2.45) is 0 Å². The minimum Gasteiger partial charge on any atom is -0.496 e. The molecule has 0 saturated carbocycles. The highest BCUT2D eigenvalue weighted by molar-refractivity contribution is 9.10. The van der Waals surface area contributed by atoms with E-state index in [9.17, 15) is 4.39 Å². The van der Waals surface area contributed by atoms with Crippen molar-refractivity contribution in [2.75, 3.05) is 14.2 Å². The summed E-state index contributed by atoms with van der Waals surface area (Å²) in [6.45, 7) is 2.04. The molecule has 2 nitrogen and oxygen atoms in total. The highest BCUT2D eigenvalue weighted by Crippen LogP contribution is 2.36. The van der Waals surface area contributed by atoms with E-state index in [2.05, 4.69) is 43.2 Å². The number of halogens is 3. The normalized spacial score (nSPS) is 12.3. The van der Waals surface area contributed by atoms with E-state index in [-0.39, 0.29) is 11.9 Å². The van der Waals surface area contributed by atoms with Gasteiger partial charge in [-0.05, 0) is 47.6 Å². The van der Waals surface area contributed by atoms with Gasteiger partial charge in [-0.15, -0.1) is 0 Å². The van der Waals surface area contributed by atoms with Crippen molar-refractivity contribution in [3.05, 3.63) is 61.8 Å². The van der Waals surface area contributed by atoms with Gasteiger partial charge in [0.15, 0.2) is 0 Å². The molecule has 2 rings (SSSR count). The van der Waals surface area contributed by atoms with Gasteiger partial charge in [0.2, 0.25) is 0 Å². The first-order valence-corrected chi connectivity index (χ1v) is 8.02. The summed E-state index contributed by atoms with van der Waals surface area (Å²) >= 11 is 6.82. The van der Waals surface area contributed by atoms with Gasteiger partial charge in [0, 0.05) is 16.1 Å². The maximum absolute atomic E-state index is 13.7. The summed E-state index contributed by atoms with van der Waals surface area (Å²) in [6.07, 6.45) is 0. The van der Waals surface area contributed by atoms with Crippen molar-refractivity contribution in [3.63, 3.8) is 0 Å². The Hall–Kier alpha value is -0.910. The van der Waals surface area contributed by atoms with Crippen LogP contribution in [0.1, 0.15) is 22.7 Å². The van der Waals surface area contributed by atoms with E-state index in [4.69, 9.17) is 4.74 Å². The van der Waals surface area contributed by atoms with Crippen LogP contribution in [0.15, 0.2) is 39.3 Å². The van der Waals surface area contributed by atoms with E-state index in [0.29, 0.717) is 10.2 Å². The highest BCUT2D eigenvalue weighted by Gasteiger charge is 2.21. The van der Waals surface area contributed by atoms with E-state index >= 15 is 0 Å². The van der Waals surface area contributed by atoms with Crippen LogP contribution in [0.2, 0.25) is 0 Å². The molecule has 0 aromatic heterocycles. The molecule has 0 heterocycles. The lowest BCUT2D eigenvalue weighted by molar-refractivity contribution is 0.401. The number of benzene rings is 2. The minimum atomic E-state index is -0.339. The molecule has 1 atom stereocenters. The molecule has 0 radical (unpaired) electrons. The van der Waals surface area contributed by atoms with Crippen LogP contribution in [0.5, 0.6) is 5.75 Å². The molecule has 2 aromatic rings. The Kier molecular flexibility index (Phi) is 5.41. The quantitative estimate of drug-likeness (QED) is 0.759. The fraction of sp³-hybridized carbons (Fsp3) is 0.250. The van der Waals surface area contributed by atoms with E-state index in [1.807, 2.05) is 26.1 Å². The Morgan fingerprint density at radius 2 is 1.81 bits per heavy atom. The molecular formula is C16H16Br2FNO. The summed E-state index contributed by atoms with van der Waals surface area (Å²) in [5, 5.41) is 3.27. The van der Waals surface area contributed by atoms with Gasteiger partial charge in [0.05, 0.1) is 17.6 Å². The number of rotatable bonds is 4. The molecule has 21 heavy (non-hydrogen) atoms. The lowest BCUT2D eigenvalue weighted by Gasteiger charge is -2.22. The summed E-state index contributed by atoms with van der Waals surface area (Å²) < 4.78 is 20.5. The van der Waals surface area contributed by atoms with Crippen LogP contribution in [-0.4, -0.2) is 14.2 Å². The second-order valence-corrected chi connectivity index (χ2v) is 6.46. The molecule has 5 heteroatoms. The average Bonchev–Trinajstić information content (AvgIpc) is 2.46. The standard InChI is InChI=1S/C16H16Br2FNO/c1-9-4-5-12(17)10(6-9)16(20-2)11-7-13(18)14(19)8-15(11)21-3/h4-8,16,20H,1-3H3. The van der Waals surface area contributed by atoms with Gasteiger partial charge < -0.3 is 10.1 Å². The SMILES string of the molecule is CNC(c1cc(C)ccc1Br)c1cc(Br)c(F)cc1OC. The number of hydrogen-bond donors (Lipinski definition) is 1. The van der Waals surface area contributed by atoms with Crippen molar-refractivity contribution in [2.45, 2.75) is 13.0 Å². The fourth-order valence-electron chi connectivity index (χ4n) is 2.31. The molecule has 0 aliphatic carbocycles. The minimum absolute atomic E-state index is 0.105. The summed E-state index contributed by atoms with van der Waals surface area (Å²) in [7, 11) is 3.42. The first kappa shape index (κ1) is 16.5. The maximum atomic E-state index is 13.7. The molecular weight excluding hydrogens is 401 g/mol. The van der Waals surface area contributed by atoms with Crippen LogP contribution >= 0.6 is 31.9 Å². The van der Waals surface area contributed by atoms with Crippen molar-refractivity contribution < 1.29 is 9.13 Å². The van der Waals surface area contributed by atoms with Gasteiger partial charge >= 0.3 is 0 Å². The molecule has 2 aromatic carbocycles. The number of ether oxygens (including phenoxy) is 1. The van der Waals surface area contributed by atoms with Crippen LogP contribution in [0.3, 0.4) is 0 Å². The Morgan fingerprint density at radius 3 is 2.43 bits per heavy atom. The molecule has 1 N–H and O–H groups in total. The summed E-state index contributed by atoms with van der Waals surface area (Å²) in [5.74, 6) is 0.178. The first-order valence-electron chi connectivity index (χ1n) is 6.44. The van der Waals surface area contributed by atoms with Gasteiger partial charge in [-0.3, -0.25) is 0 Å². The predicted octanol–water partition coefficient (Wildman–Crippen LogP) is 4.98. The van der Waals surface area contributed by atoms with Crippen LogP contribution in [0.4, 0.5) is 4.39 Å². The Labute approximate surface area is 141 Å². The molecule has 0 spiro atoms. The zero-order valence-corrected chi connectivity index (χ0v) is 15.2. The summed E-state index contributed by atoms with van der Waals surface area (Å²) in [4.78, 5) is 0. The van der Waals surface area contributed by atoms with Gasteiger partial charge in [-0.2, -0.15) is 0 Å². The second kappa shape index (κ2) is 6.90. The van der Waals surface area contributed by atoms with Gasteiger partial charge in [0.25, 0.3) is 0 Å². The molecule has 0 aliphatic heterocycles. The third-order valence-electron chi connectivity index (χ3n) is 3.33. The van der Waals surface area contributed by atoms with Crippen molar-refractivity contribution in [1.29, 1.82) is 0 Å². The Balaban J connectivity index is 2.61. The van der Waals surface area contributed by atoms with Gasteiger partial charge in [-0.1, -0.05) is 33.6 Å². The lowest BCUT2D eigenvalue weighted by Crippen LogP contribution is -2.19. The topological polar surface area (TPSA) is 21.3 Å². The smallest absolute Gasteiger partial charge is 0.141 e. The molecule has 0 saturated heterocycles. The summed E-state index contributed by atoms with van der Waals surface area (Å²) in [6, 6.07) is 9.20. The number of methoxy groups -OCH3 is 1. The number of hydrogen-bond acceptors (Lipinski definition) is 2. The van der Waals surface area contributed by atoms with E-state index < -0.39 is 0 Å². The highest BCUT2D eigenvalue weighted by atomic mass is 79.9. The van der Waals surface area contributed by atoms with Crippen LogP contribution in [0.25, 0.3) is 0 Å². The lowest BCUT2D eigenvalue weighted by atomic mass is 9.96. The van der Waals surface area contributed by atoms with Crippen molar-refractivity contribution >= 4 is 31.9 Å². The maximum Gasteiger partial charge on any atom is 0.141 e. The number of nitrogens with one attached hydrogen (secondary N) is 1. The molecule has 1 unspecified atom stereocenters. The molecule has 112 valence electrons. The molecule has 0 bridgehead atoms. The van der Waals surface area contributed by atoms with Gasteiger partial charge in [-0.25, -0.2) is 4.39 Å².